The minimum absolute atomic E-state index is 0.264. The van der Waals surface area contributed by atoms with Crippen molar-refractivity contribution in [2.45, 2.75) is 47.0 Å². The number of carboxylic acid groups (broad SMARTS) is 2. The molecular formula is C18H26O4. The van der Waals surface area contributed by atoms with Crippen molar-refractivity contribution >= 4 is 11.9 Å². The Balaban J connectivity index is 0. The lowest BCUT2D eigenvalue weighted by Gasteiger charge is -2.10. The highest BCUT2D eigenvalue weighted by Crippen LogP contribution is 2.14. The molecule has 2 unspecified atom stereocenters. The summed E-state index contributed by atoms with van der Waals surface area (Å²) < 4.78 is 0. The van der Waals surface area contributed by atoms with Crippen LogP contribution in [-0.2, 0) is 9.59 Å². The van der Waals surface area contributed by atoms with E-state index in [4.69, 9.17) is 23.1 Å². The molecule has 0 spiro atoms. The van der Waals surface area contributed by atoms with Crippen molar-refractivity contribution in [2.24, 2.45) is 17.8 Å². The van der Waals surface area contributed by atoms with E-state index in [9.17, 15) is 9.59 Å². The van der Waals surface area contributed by atoms with Gasteiger partial charge in [-0.2, -0.15) is 0 Å². The molecule has 4 heteroatoms. The second-order valence-corrected chi connectivity index (χ2v) is 5.67. The predicted octanol–water partition coefficient (Wildman–Crippen LogP) is 3.43. The van der Waals surface area contributed by atoms with Gasteiger partial charge in [-0.15, -0.1) is 24.7 Å². The number of hydrogen-bond donors (Lipinski definition) is 2. The van der Waals surface area contributed by atoms with Gasteiger partial charge in [0.2, 0.25) is 0 Å². The molecule has 0 aromatic carbocycles. The van der Waals surface area contributed by atoms with Crippen LogP contribution in [0.15, 0.2) is 11.6 Å². The lowest BCUT2D eigenvalue weighted by Crippen LogP contribution is -2.15. The Morgan fingerprint density at radius 3 is 1.82 bits per heavy atom. The molecule has 0 fully saturated rings. The third kappa shape index (κ3) is 12.8. The highest BCUT2D eigenvalue weighted by Gasteiger charge is 2.16. The molecule has 0 aliphatic rings. The molecule has 4 nitrogen and oxygen atoms in total. The van der Waals surface area contributed by atoms with Crippen LogP contribution >= 0.6 is 0 Å². The molecule has 22 heavy (non-hydrogen) atoms. The fourth-order valence-electron chi connectivity index (χ4n) is 1.73. The second kappa shape index (κ2) is 12.5. The first-order chi connectivity index (χ1) is 10.1. The van der Waals surface area contributed by atoms with Gasteiger partial charge in [0.25, 0.3) is 0 Å². The zero-order valence-electron chi connectivity index (χ0n) is 13.8. The first kappa shape index (κ1) is 22.1. The van der Waals surface area contributed by atoms with Crippen LogP contribution < -0.4 is 0 Å². The lowest BCUT2D eigenvalue weighted by atomic mass is 9.95. The van der Waals surface area contributed by atoms with Gasteiger partial charge >= 0.3 is 11.9 Å². The molecule has 0 aliphatic carbocycles. The van der Waals surface area contributed by atoms with Gasteiger partial charge in [-0.05, 0) is 26.2 Å². The topological polar surface area (TPSA) is 74.6 Å². The second-order valence-electron chi connectivity index (χ2n) is 5.67. The first-order valence-corrected chi connectivity index (χ1v) is 7.13. The number of carboxylic acids is 2. The average molecular weight is 306 g/mol. The normalized spacial score (nSPS) is 12.0. The molecule has 0 radical (unpaired) electrons. The fraction of sp³-hybridized carbons (Fsp3) is 0.556. The summed E-state index contributed by atoms with van der Waals surface area (Å²) >= 11 is 0. The Bertz CT molecular complexity index is 456. The Labute approximate surface area is 133 Å². The Morgan fingerprint density at radius 1 is 1.05 bits per heavy atom. The van der Waals surface area contributed by atoms with Crippen LogP contribution in [-0.4, -0.2) is 22.2 Å². The van der Waals surface area contributed by atoms with E-state index in [0.29, 0.717) is 18.8 Å². The monoisotopic (exact) mass is 306 g/mol. The maximum absolute atomic E-state index is 10.5. The van der Waals surface area contributed by atoms with E-state index in [1.54, 1.807) is 6.08 Å². The van der Waals surface area contributed by atoms with E-state index in [0.717, 1.165) is 5.57 Å². The zero-order valence-corrected chi connectivity index (χ0v) is 13.8. The molecular weight excluding hydrogens is 280 g/mol. The molecule has 2 N–H and O–H groups in total. The van der Waals surface area contributed by atoms with Crippen molar-refractivity contribution in [1.82, 2.24) is 0 Å². The standard InChI is InChI=1S/C9H14O2.C9H12O2/c2*1-4-5-8(9(10)11)6-7(2)3/h1,7-8H,5-6H2,2-3H3,(H,10,11);1,6,8H,5H2,2-3H3,(H,10,11). The molecule has 0 amide bonds. The van der Waals surface area contributed by atoms with Gasteiger partial charge in [-0.1, -0.05) is 25.5 Å². The van der Waals surface area contributed by atoms with Crippen LogP contribution in [0.3, 0.4) is 0 Å². The minimum atomic E-state index is -0.857. The van der Waals surface area contributed by atoms with Crippen LogP contribution in [0.2, 0.25) is 0 Å². The summed E-state index contributed by atoms with van der Waals surface area (Å²) in [5.74, 6) is 2.57. The predicted molar refractivity (Wildman–Crippen MR) is 88.0 cm³/mol. The maximum Gasteiger partial charge on any atom is 0.311 e. The van der Waals surface area contributed by atoms with Crippen molar-refractivity contribution in [3.63, 3.8) is 0 Å². The fourth-order valence-corrected chi connectivity index (χ4v) is 1.73. The van der Waals surface area contributed by atoms with Gasteiger partial charge in [0.05, 0.1) is 11.8 Å². The summed E-state index contributed by atoms with van der Waals surface area (Å²) in [6, 6.07) is 0. The average Bonchev–Trinajstić information content (AvgIpc) is 2.37. The minimum Gasteiger partial charge on any atom is -0.481 e. The van der Waals surface area contributed by atoms with Crippen molar-refractivity contribution in [2.75, 3.05) is 0 Å². The van der Waals surface area contributed by atoms with Crippen LogP contribution in [0.25, 0.3) is 0 Å². The number of allylic oxidation sites excluding steroid dienone is 1. The van der Waals surface area contributed by atoms with Crippen LogP contribution in [0.1, 0.15) is 47.0 Å². The summed E-state index contributed by atoms with van der Waals surface area (Å²) in [6.07, 6.45) is 13.0. The molecule has 0 heterocycles. The van der Waals surface area contributed by atoms with Gasteiger partial charge in [0.15, 0.2) is 0 Å². The maximum atomic E-state index is 10.5. The highest BCUT2D eigenvalue weighted by molar-refractivity contribution is 5.72. The van der Waals surface area contributed by atoms with E-state index in [-0.39, 0.29) is 12.3 Å². The molecule has 0 saturated carbocycles. The Hall–Kier alpha value is -2.20. The quantitative estimate of drug-likeness (QED) is 0.558. The smallest absolute Gasteiger partial charge is 0.311 e. The van der Waals surface area contributed by atoms with Crippen molar-refractivity contribution in [3.8, 4) is 24.7 Å². The lowest BCUT2D eigenvalue weighted by molar-refractivity contribution is -0.142. The molecule has 0 saturated heterocycles. The van der Waals surface area contributed by atoms with Crippen molar-refractivity contribution in [3.05, 3.63) is 11.6 Å². The SMILES string of the molecule is C#CCC(C=C(C)C)C(=O)O.C#CCC(CC(C)C)C(=O)O. The van der Waals surface area contributed by atoms with E-state index >= 15 is 0 Å². The highest BCUT2D eigenvalue weighted by atomic mass is 16.4. The molecule has 0 aliphatic heterocycles. The molecule has 0 rings (SSSR count). The summed E-state index contributed by atoms with van der Waals surface area (Å²) in [5, 5.41) is 17.3. The van der Waals surface area contributed by atoms with Gasteiger partial charge in [-0.25, -0.2) is 0 Å². The Morgan fingerprint density at radius 2 is 1.55 bits per heavy atom. The number of hydrogen-bond acceptors (Lipinski definition) is 2. The third-order valence-electron chi connectivity index (χ3n) is 2.66. The van der Waals surface area contributed by atoms with Gasteiger partial charge in [0, 0.05) is 12.8 Å². The number of carbonyl (C=O) groups is 2. The summed E-state index contributed by atoms with van der Waals surface area (Å²) in [7, 11) is 0. The van der Waals surface area contributed by atoms with Gasteiger partial charge in [-0.3, -0.25) is 9.59 Å². The molecule has 2 atom stereocenters. The van der Waals surface area contributed by atoms with E-state index in [2.05, 4.69) is 11.8 Å². The Kier molecular flexibility index (Phi) is 12.6. The third-order valence-corrected chi connectivity index (χ3v) is 2.66. The number of rotatable bonds is 7. The van der Waals surface area contributed by atoms with Crippen molar-refractivity contribution < 1.29 is 19.8 Å². The first-order valence-electron chi connectivity index (χ1n) is 7.13. The summed E-state index contributed by atoms with van der Waals surface area (Å²) in [6.45, 7) is 7.69. The van der Waals surface area contributed by atoms with Crippen LogP contribution in [0.5, 0.6) is 0 Å². The number of terminal acetylenes is 2. The van der Waals surface area contributed by atoms with Crippen molar-refractivity contribution in [1.29, 1.82) is 0 Å². The summed E-state index contributed by atoms with van der Waals surface area (Å²) in [5.41, 5.74) is 0.979. The van der Waals surface area contributed by atoms with Gasteiger partial charge in [0.1, 0.15) is 0 Å². The number of aliphatic carboxylic acids is 2. The van der Waals surface area contributed by atoms with Gasteiger partial charge < -0.3 is 10.2 Å². The summed E-state index contributed by atoms with van der Waals surface area (Å²) in [4.78, 5) is 21.0. The largest absolute Gasteiger partial charge is 0.481 e. The van der Waals surface area contributed by atoms with E-state index in [1.165, 1.54) is 0 Å². The van der Waals surface area contributed by atoms with E-state index in [1.807, 2.05) is 27.7 Å². The molecule has 122 valence electrons. The van der Waals surface area contributed by atoms with Crippen LogP contribution in [0.4, 0.5) is 0 Å². The molecule has 0 bridgehead atoms. The molecule has 0 aromatic rings. The van der Waals surface area contributed by atoms with Crippen LogP contribution in [0, 0.1) is 42.4 Å². The molecule has 0 aromatic heterocycles. The zero-order chi connectivity index (χ0) is 17.7. The van der Waals surface area contributed by atoms with E-state index < -0.39 is 17.9 Å².